The Morgan fingerprint density at radius 1 is 1.09 bits per heavy atom. The van der Waals surface area contributed by atoms with Crippen LogP contribution in [-0.4, -0.2) is 45.9 Å². The second-order valence-corrected chi connectivity index (χ2v) is 10.5. The zero-order chi connectivity index (χ0) is 27.1. The van der Waals surface area contributed by atoms with Crippen LogP contribution in [0.15, 0.2) is 18.2 Å². The molecule has 0 saturated carbocycles. The lowest BCUT2D eigenvalue weighted by atomic mass is 9.93. The van der Waals surface area contributed by atoms with Gasteiger partial charge in [-0.3, -0.25) is 19.3 Å². The standard InChI is InChI=1S/C26H38N4O5/c1-10-30(23(33)18(14-15-19(27)31)28-24(34)35-26(7,8)9)21(22(32)29-25(4,5)6)20-16(2)12-11-13-17(20)3/h1,11-13,18,21H,14-15H2,2-9H3,(H2,27,31)(H,28,34)(H,29,32). The molecule has 1 rings (SSSR count). The monoisotopic (exact) mass is 486 g/mol. The number of carbonyl (C=O) groups excluding carboxylic acids is 4. The van der Waals surface area contributed by atoms with E-state index in [-0.39, 0.29) is 12.8 Å². The van der Waals surface area contributed by atoms with Crippen LogP contribution < -0.4 is 16.4 Å². The average Bonchev–Trinajstić information content (AvgIpc) is 2.67. The van der Waals surface area contributed by atoms with Gasteiger partial charge in [-0.05, 0) is 78.5 Å². The van der Waals surface area contributed by atoms with Crippen LogP contribution in [-0.2, 0) is 19.1 Å². The molecule has 0 aliphatic rings. The van der Waals surface area contributed by atoms with Crippen molar-refractivity contribution < 1.29 is 23.9 Å². The predicted octanol–water partition coefficient (Wildman–Crippen LogP) is 2.84. The number of rotatable bonds is 8. The van der Waals surface area contributed by atoms with Gasteiger partial charge < -0.3 is 21.1 Å². The first-order valence-corrected chi connectivity index (χ1v) is 11.4. The molecule has 192 valence electrons. The average molecular weight is 487 g/mol. The lowest BCUT2D eigenvalue weighted by Crippen LogP contribution is -2.53. The summed E-state index contributed by atoms with van der Waals surface area (Å²) in [5, 5.41) is 5.37. The smallest absolute Gasteiger partial charge is 0.408 e. The molecular formula is C26H38N4O5. The molecule has 9 heteroatoms. The largest absolute Gasteiger partial charge is 0.444 e. The van der Waals surface area contributed by atoms with Gasteiger partial charge in [-0.25, -0.2) is 4.79 Å². The fourth-order valence-corrected chi connectivity index (χ4v) is 3.50. The number of nitrogens with one attached hydrogen (secondary N) is 2. The molecule has 0 aliphatic heterocycles. The van der Waals surface area contributed by atoms with Gasteiger partial charge in [0.2, 0.25) is 11.8 Å². The zero-order valence-electron chi connectivity index (χ0n) is 21.9. The van der Waals surface area contributed by atoms with Gasteiger partial charge in [-0.15, -0.1) is 0 Å². The summed E-state index contributed by atoms with van der Waals surface area (Å²) >= 11 is 0. The Balaban J connectivity index is 3.52. The molecule has 0 aliphatic carbocycles. The van der Waals surface area contributed by atoms with Crippen molar-refractivity contribution in [3.8, 4) is 12.5 Å². The SMILES string of the molecule is C#CN(C(=O)C(CCC(N)=O)NC(=O)OC(C)(C)C)C(C(=O)NC(C)(C)C)c1c(C)cccc1C. The number of primary amides is 1. The molecule has 1 aromatic rings. The Bertz CT molecular complexity index is 978. The molecule has 2 unspecified atom stereocenters. The van der Waals surface area contributed by atoms with E-state index in [0.29, 0.717) is 5.56 Å². The van der Waals surface area contributed by atoms with Crippen LogP contribution in [0, 0.1) is 26.3 Å². The van der Waals surface area contributed by atoms with E-state index in [9.17, 15) is 19.2 Å². The van der Waals surface area contributed by atoms with E-state index in [1.54, 1.807) is 20.8 Å². The molecule has 9 nitrogen and oxygen atoms in total. The van der Waals surface area contributed by atoms with Gasteiger partial charge in [0.1, 0.15) is 17.7 Å². The number of aryl methyl sites for hydroxylation is 2. The van der Waals surface area contributed by atoms with E-state index in [2.05, 4.69) is 16.7 Å². The molecule has 0 heterocycles. The highest BCUT2D eigenvalue weighted by Gasteiger charge is 2.38. The van der Waals surface area contributed by atoms with Crippen molar-refractivity contribution in [2.75, 3.05) is 0 Å². The number of hydrogen-bond acceptors (Lipinski definition) is 5. The maximum Gasteiger partial charge on any atom is 0.408 e. The van der Waals surface area contributed by atoms with E-state index in [1.807, 2.05) is 52.8 Å². The van der Waals surface area contributed by atoms with Crippen molar-refractivity contribution in [3.63, 3.8) is 0 Å². The molecule has 1 aromatic carbocycles. The Morgan fingerprint density at radius 2 is 1.63 bits per heavy atom. The molecule has 35 heavy (non-hydrogen) atoms. The molecule has 0 saturated heterocycles. The first-order valence-electron chi connectivity index (χ1n) is 11.4. The first kappa shape index (κ1) is 29.5. The fraction of sp³-hybridized carbons (Fsp3) is 0.538. The lowest BCUT2D eigenvalue weighted by molar-refractivity contribution is -0.139. The minimum Gasteiger partial charge on any atom is -0.444 e. The van der Waals surface area contributed by atoms with Crippen molar-refractivity contribution in [1.29, 1.82) is 0 Å². The Morgan fingerprint density at radius 3 is 2.06 bits per heavy atom. The number of terminal acetylenes is 1. The number of nitrogens with two attached hydrogens (primary N) is 1. The third kappa shape index (κ3) is 9.32. The second-order valence-electron chi connectivity index (χ2n) is 10.5. The molecule has 4 N–H and O–H groups in total. The fourth-order valence-electron chi connectivity index (χ4n) is 3.50. The van der Waals surface area contributed by atoms with Gasteiger partial charge >= 0.3 is 6.09 Å². The maximum atomic E-state index is 13.7. The lowest BCUT2D eigenvalue weighted by Gasteiger charge is -2.33. The highest BCUT2D eigenvalue weighted by atomic mass is 16.6. The first-order chi connectivity index (χ1) is 16.0. The summed E-state index contributed by atoms with van der Waals surface area (Å²) < 4.78 is 5.27. The van der Waals surface area contributed by atoms with Crippen LogP contribution in [0.3, 0.4) is 0 Å². The Kier molecular flexibility index (Phi) is 9.89. The summed E-state index contributed by atoms with van der Waals surface area (Å²) in [4.78, 5) is 52.0. The van der Waals surface area contributed by atoms with Gasteiger partial charge in [-0.2, -0.15) is 0 Å². The quantitative estimate of drug-likeness (QED) is 0.384. The number of hydrogen-bond donors (Lipinski definition) is 3. The van der Waals surface area contributed by atoms with E-state index in [0.717, 1.165) is 16.0 Å². The van der Waals surface area contributed by atoms with Crippen LogP contribution in [0.25, 0.3) is 0 Å². The molecule has 4 amide bonds. The van der Waals surface area contributed by atoms with Crippen molar-refractivity contribution >= 4 is 23.8 Å². The van der Waals surface area contributed by atoms with Crippen LogP contribution in [0.2, 0.25) is 0 Å². The molecule has 0 fully saturated rings. The van der Waals surface area contributed by atoms with E-state index >= 15 is 0 Å². The van der Waals surface area contributed by atoms with E-state index in [4.69, 9.17) is 16.9 Å². The minimum atomic E-state index is -1.25. The number of carbonyl (C=O) groups is 4. The topological polar surface area (TPSA) is 131 Å². The Hall–Kier alpha value is -3.54. The van der Waals surface area contributed by atoms with Crippen LogP contribution >= 0.6 is 0 Å². The number of nitrogens with zero attached hydrogens (tertiary/aromatic N) is 1. The van der Waals surface area contributed by atoms with Gasteiger partial charge in [-0.1, -0.05) is 24.6 Å². The summed E-state index contributed by atoms with van der Waals surface area (Å²) in [5.41, 5.74) is 5.96. The van der Waals surface area contributed by atoms with Crippen molar-refractivity contribution in [1.82, 2.24) is 15.5 Å². The number of amides is 4. The molecule has 0 aromatic heterocycles. The van der Waals surface area contributed by atoms with E-state index < -0.39 is 47.0 Å². The number of ether oxygens (including phenoxy) is 1. The normalized spacial score (nSPS) is 13.1. The highest BCUT2D eigenvalue weighted by Crippen LogP contribution is 2.29. The molecule has 0 spiro atoms. The summed E-state index contributed by atoms with van der Waals surface area (Å²) in [5.74, 6) is -1.87. The van der Waals surface area contributed by atoms with Crippen molar-refractivity contribution in [2.24, 2.45) is 5.73 Å². The zero-order valence-corrected chi connectivity index (χ0v) is 21.9. The maximum absolute atomic E-state index is 13.7. The second kappa shape index (κ2) is 11.7. The summed E-state index contributed by atoms with van der Waals surface area (Å²) in [7, 11) is 0. The van der Waals surface area contributed by atoms with Gasteiger partial charge in [0, 0.05) is 18.0 Å². The molecule has 2 atom stereocenters. The third-order valence-electron chi connectivity index (χ3n) is 4.87. The van der Waals surface area contributed by atoms with Gasteiger partial charge in [0.05, 0.1) is 0 Å². The molecular weight excluding hydrogens is 448 g/mol. The summed E-state index contributed by atoms with van der Waals surface area (Å²) in [6.45, 7) is 14.1. The minimum absolute atomic E-state index is 0.119. The number of alkyl carbamates (subject to hydrolysis) is 1. The van der Waals surface area contributed by atoms with Crippen molar-refractivity contribution in [2.45, 2.75) is 91.5 Å². The highest BCUT2D eigenvalue weighted by molar-refractivity contribution is 5.94. The predicted molar refractivity (Wildman–Crippen MR) is 134 cm³/mol. The van der Waals surface area contributed by atoms with Crippen LogP contribution in [0.5, 0.6) is 0 Å². The number of benzene rings is 1. The third-order valence-corrected chi connectivity index (χ3v) is 4.87. The van der Waals surface area contributed by atoms with Crippen LogP contribution in [0.1, 0.15) is 77.1 Å². The van der Waals surface area contributed by atoms with Gasteiger partial charge in [0.15, 0.2) is 0 Å². The molecule has 0 radical (unpaired) electrons. The van der Waals surface area contributed by atoms with Crippen molar-refractivity contribution in [3.05, 3.63) is 34.9 Å². The van der Waals surface area contributed by atoms with Gasteiger partial charge in [0.25, 0.3) is 5.91 Å². The molecule has 0 bridgehead atoms. The summed E-state index contributed by atoms with van der Waals surface area (Å²) in [6, 6.07) is 5.39. The summed E-state index contributed by atoms with van der Waals surface area (Å²) in [6.07, 6.45) is 4.61. The Labute approximate surface area is 208 Å². The van der Waals surface area contributed by atoms with E-state index in [1.165, 1.54) is 0 Å². The van der Waals surface area contributed by atoms with Crippen LogP contribution in [0.4, 0.5) is 4.79 Å².